The van der Waals surface area contributed by atoms with Crippen LogP contribution in [0.15, 0.2) is 24.3 Å². The Morgan fingerprint density at radius 2 is 2.13 bits per heavy atom. The van der Waals surface area contributed by atoms with Crippen molar-refractivity contribution < 1.29 is 14.3 Å². The van der Waals surface area contributed by atoms with Gasteiger partial charge in [-0.1, -0.05) is 12.1 Å². The van der Waals surface area contributed by atoms with Crippen LogP contribution in [0.1, 0.15) is 29.5 Å². The Kier molecular flexibility index (Phi) is 4.31. The van der Waals surface area contributed by atoms with Gasteiger partial charge in [0.1, 0.15) is 17.9 Å². The first-order valence-corrected chi connectivity index (χ1v) is 10.1. The maximum absolute atomic E-state index is 12.8. The van der Waals surface area contributed by atoms with Crippen molar-refractivity contribution in [3.8, 4) is 6.07 Å². The van der Waals surface area contributed by atoms with E-state index in [1.807, 2.05) is 33.6 Å². The molecule has 3 aromatic rings. The molecule has 1 aliphatic carbocycles. The van der Waals surface area contributed by atoms with Gasteiger partial charge >= 0.3 is 5.97 Å². The number of pyridine rings is 1. The second-order valence-corrected chi connectivity index (χ2v) is 7.66. The molecular weight excluding hydrogens is 382 g/mol. The smallest absolute Gasteiger partial charge is 0.308 e. The number of nitrogens with zero attached hydrogens (tertiary/aromatic N) is 4. The highest BCUT2D eigenvalue weighted by atomic mass is 16.5. The molecule has 1 N–H and O–H groups in total. The zero-order valence-corrected chi connectivity index (χ0v) is 16.6. The zero-order chi connectivity index (χ0) is 20.8. The minimum atomic E-state index is -0.673. The van der Waals surface area contributed by atoms with Gasteiger partial charge in [0.05, 0.1) is 30.1 Å². The Morgan fingerprint density at radius 3 is 2.93 bits per heavy atom. The van der Waals surface area contributed by atoms with Gasteiger partial charge in [-0.25, -0.2) is 4.98 Å². The van der Waals surface area contributed by atoms with Crippen LogP contribution in [0.25, 0.3) is 16.7 Å². The lowest BCUT2D eigenvalue weighted by molar-refractivity contribution is -0.143. The fraction of sp³-hybridized carbons (Fsp3) is 0.364. The van der Waals surface area contributed by atoms with Crippen LogP contribution >= 0.6 is 0 Å². The maximum atomic E-state index is 12.8. The van der Waals surface area contributed by atoms with Crippen LogP contribution in [0.3, 0.4) is 0 Å². The summed E-state index contributed by atoms with van der Waals surface area (Å²) in [5.41, 5.74) is 4.98. The summed E-state index contributed by atoms with van der Waals surface area (Å²) in [6.07, 6.45) is 2.55. The van der Waals surface area contributed by atoms with Crippen molar-refractivity contribution in [2.24, 2.45) is 0 Å². The number of carbonyl (C=O) groups is 2. The molecule has 1 saturated heterocycles. The number of aromatic nitrogens is 2. The van der Waals surface area contributed by atoms with E-state index >= 15 is 0 Å². The largest absolute Gasteiger partial charge is 0.469 e. The first-order chi connectivity index (χ1) is 14.6. The molecule has 1 fully saturated rings. The summed E-state index contributed by atoms with van der Waals surface area (Å²) in [6, 6.07) is 9.45. The topological polar surface area (TPSA) is 99.7 Å². The number of esters is 1. The van der Waals surface area contributed by atoms with Crippen molar-refractivity contribution in [1.29, 1.82) is 5.26 Å². The van der Waals surface area contributed by atoms with Crippen molar-refractivity contribution in [3.05, 3.63) is 41.0 Å². The van der Waals surface area contributed by atoms with Gasteiger partial charge in [-0.3, -0.25) is 14.0 Å². The third-order valence-corrected chi connectivity index (χ3v) is 6.09. The Balaban J connectivity index is 1.83. The van der Waals surface area contributed by atoms with Gasteiger partial charge < -0.3 is 15.0 Å². The van der Waals surface area contributed by atoms with Gasteiger partial charge in [-0.05, 0) is 42.5 Å². The van der Waals surface area contributed by atoms with E-state index in [0.717, 1.165) is 47.2 Å². The second kappa shape index (κ2) is 7.02. The molecule has 0 unspecified atom stereocenters. The van der Waals surface area contributed by atoms with E-state index in [1.165, 1.54) is 7.11 Å². The van der Waals surface area contributed by atoms with Gasteiger partial charge in [0, 0.05) is 13.1 Å². The van der Waals surface area contributed by atoms with E-state index in [4.69, 9.17) is 9.72 Å². The average molecular weight is 403 g/mol. The number of rotatable bonds is 3. The lowest BCUT2D eigenvalue weighted by atomic mass is 10.0. The Morgan fingerprint density at radius 1 is 1.33 bits per heavy atom. The summed E-state index contributed by atoms with van der Waals surface area (Å²) in [5, 5.41) is 12.8. The minimum absolute atomic E-state index is 0.0365. The molecule has 0 radical (unpaired) electrons. The molecule has 1 aromatic carbocycles. The molecule has 1 atom stereocenters. The van der Waals surface area contributed by atoms with E-state index < -0.39 is 12.0 Å². The number of para-hydroxylation sites is 2. The molecule has 0 spiro atoms. The van der Waals surface area contributed by atoms with Crippen molar-refractivity contribution in [2.75, 3.05) is 25.1 Å². The Bertz CT molecular complexity index is 1240. The molecule has 3 heterocycles. The fourth-order valence-corrected chi connectivity index (χ4v) is 4.78. The number of nitriles is 1. The molecule has 30 heavy (non-hydrogen) atoms. The van der Waals surface area contributed by atoms with Gasteiger partial charge in [0.2, 0.25) is 5.91 Å². The average Bonchev–Trinajstić information content (AvgIpc) is 3.38. The summed E-state index contributed by atoms with van der Waals surface area (Å²) in [7, 11) is 1.33. The zero-order valence-electron chi connectivity index (χ0n) is 16.6. The summed E-state index contributed by atoms with van der Waals surface area (Å²) in [6.45, 7) is 1.05. The molecule has 1 aliphatic heterocycles. The van der Waals surface area contributed by atoms with Gasteiger partial charge in [-0.15, -0.1) is 0 Å². The predicted molar refractivity (Wildman–Crippen MR) is 110 cm³/mol. The monoisotopic (exact) mass is 403 g/mol. The molecule has 1 amide bonds. The van der Waals surface area contributed by atoms with Gasteiger partial charge in [0.25, 0.3) is 0 Å². The number of benzene rings is 1. The molecule has 2 aromatic heterocycles. The number of imidazole rings is 1. The standard InChI is InChI=1S/C22H21N5O3/c1-30-19(28)11-18-21(29)24-9-10-26(18)22-14-6-4-5-13(14)15(12-23)20-25-16-7-2-3-8-17(16)27(20)22/h2-3,7-8,18H,4-6,9-11H2,1H3,(H,24,29)/t18-/m0/s1. The Hall–Kier alpha value is -3.60. The number of carbonyl (C=O) groups excluding carboxylic acids is 2. The summed E-state index contributed by atoms with van der Waals surface area (Å²) < 4.78 is 6.85. The molecule has 2 aliphatic rings. The van der Waals surface area contributed by atoms with E-state index in [1.54, 1.807) is 0 Å². The summed E-state index contributed by atoms with van der Waals surface area (Å²) in [5.74, 6) is 0.244. The molecule has 0 saturated carbocycles. The SMILES string of the molecule is COC(=O)C[C@H]1C(=O)NCCN1c1c2c(c(C#N)c3nc4ccccc4n13)CCC2. The number of nitrogens with one attached hydrogen (secondary N) is 1. The van der Waals surface area contributed by atoms with E-state index in [2.05, 4.69) is 11.4 Å². The number of fused-ring (bicyclic) bond motifs is 4. The van der Waals surface area contributed by atoms with Gasteiger partial charge in [0.15, 0.2) is 5.65 Å². The van der Waals surface area contributed by atoms with Crippen molar-refractivity contribution >= 4 is 34.4 Å². The number of piperazine rings is 1. The lowest BCUT2D eigenvalue weighted by Crippen LogP contribution is -2.57. The van der Waals surface area contributed by atoms with Crippen LogP contribution in [-0.2, 0) is 27.2 Å². The van der Waals surface area contributed by atoms with Gasteiger partial charge in [-0.2, -0.15) is 5.26 Å². The Labute approximate surface area is 173 Å². The van der Waals surface area contributed by atoms with Crippen LogP contribution < -0.4 is 10.2 Å². The maximum Gasteiger partial charge on any atom is 0.308 e. The quantitative estimate of drug-likeness (QED) is 0.669. The number of hydrogen-bond acceptors (Lipinski definition) is 6. The normalized spacial score (nSPS) is 18.3. The fourth-order valence-electron chi connectivity index (χ4n) is 4.78. The van der Waals surface area contributed by atoms with Crippen LogP contribution in [0.4, 0.5) is 5.82 Å². The van der Waals surface area contributed by atoms with Crippen LogP contribution in [0.2, 0.25) is 0 Å². The molecule has 0 bridgehead atoms. The second-order valence-electron chi connectivity index (χ2n) is 7.66. The van der Waals surface area contributed by atoms with Crippen LogP contribution in [0.5, 0.6) is 0 Å². The van der Waals surface area contributed by atoms with E-state index in [9.17, 15) is 14.9 Å². The number of ether oxygens (including phenoxy) is 1. The summed E-state index contributed by atoms with van der Waals surface area (Å²) in [4.78, 5) is 31.6. The van der Waals surface area contributed by atoms with Crippen LogP contribution in [0, 0.1) is 11.3 Å². The number of amides is 1. The first kappa shape index (κ1) is 18.4. The molecule has 8 heteroatoms. The minimum Gasteiger partial charge on any atom is -0.469 e. The number of anilines is 1. The molecule has 5 rings (SSSR count). The highest BCUT2D eigenvalue weighted by Crippen LogP contribution is 2.39. The van der Waals surface area contributed by atoms with E-state index in [-0.39, 0.29) is 12.3 Å². The van der Waals surface area contributed by atoms with E-state index in [0.29, 0.717) is 24.3 Å². The highest BCUT2D eigenvalue weighted by molar-refractivity contribution is 5.92. The molecular formula is C22H21N5O3. The lowest BCUT2D eigenvalue weighted by Gasteiger charge is -2.37. The predicted octanol–water partition coefficient (Wildman–Crippen LogP) is 1.72. The third kappa shape index (κ3) is 2.62. The number of hydrogen-bond donors (Lipinski definition) is 1. The molecule has 8 nitrogen and oxygen atoms in total. The van der Waals surface area contributed by atoms with Crippen molar-refractivity contribution in [2.45, 2.75) is 31.7 Å². The van der Waals surface area contributed by atoms with Crippen molar-refractivity contribution in [3.63, 3.8) is 0 Å². The number of methoxy groups -OCH3 is 1. The van der Waals surface area contributed by atoms with Crippen molar-refractivity contribution in [1.82, 2.24) is 14.7 Å². The highest BCUT2D eigenvalue weighted by Gasteiger charge is 2.37. The van der Waals surface area contributed by atoms with Crippen LogP contribution in [-0.4, -0.2) is 47.5 Å². The molecule has 152 valence electrons. The summed E-state index contributed by atoms with van der Waals surface area (Å²) >= 11 is 0. The third-order valence-electron chi connectivity index (χ3n) is 6.09. The first-order valence-electron chi connectivity index (χ1n) is 10.1.